The summed E-state index contributed by atoms with van der Waals surface area (Å²) in [5.41, 5.74) is 4.54. The number of carbonyl (C=O) groups is 4. The Kier molecular flexibility index (Phi) is 12.5. The summed E-state index contributed by atoms with van der Waals surface area (Å²) in [4.78, 5) is 59.7. The SMILES string of the molecule is CC(c1c[nH]c2ccccc12)C(NC(=O)N1CCC(C(=O)c2ccccc2)CC1)C(=O)N1C[C@@H](CN(C)C)Cc2cc(Cl)ccc21.O=C(O)C(F)(F)F. The third-order valence-electron chi connectivity index (χ3n) is 9.78. The van der Waals surface area contributed by atoms with E-state index in [9.17, 15) is 27.6 Å². The lowest BCUT2D eigenvalue weighted by atomic mass is 9.88. The van der Waals surface area contributed by atoms with Crippen LogP contribution in [0.15, 0.2) is 79.0 Å². The van der Waals surface area contributed by atoms with E-state index in [0.29, 0.717) is 43.1 Å². The van der Waals surface area contributed by atoms with Crippen LogP contribution in [0.25, 0.3) is 10.9 Å². The summed E-state index contributed by atoms with van der Waals surface area (Å²) >= 11 is 6.41. The van der Waals surface area contributed by atoms with Gasteiger partial charge in [0, 0.05) is 71.4 Å². The Hall–Kier alpha value is -4.88. The molecule has 0 aliphatic carbocycles. The van der Waals surface area contributed by atoms with Crippen molar-refractivity contribution in [3.8, 4) is 0 Å². The van der Waals surface area contributed by atoms with Gasteiger partial charge in [-0.05, 0) is 74.7 Å². The number of alkyl halides is 3. The third-order valence-corrected chi connectivity index (χ3v) is 10.0. The number of nitrogens with zero attached hydrogens (tertiary/aromatic N) is 3. The number of anilines is 1. The summed E-state index contributed by atoms with van der Waals surface area (Å²) in [5.74, 6) is -3.02. The van der Waals surface area contributed by atoms with Gasteiger partial charge in [0.05, 0.1) is 0 Å². The molecule has 14 heteroatoms. The Morgan fingerprint density at radius 3 is 2.28 bits per heavy atom. The molecule has 1 saturated heterocycles. The predicted octanol–water partition coefficient (Wildman–Crippen LogP) is 7.00. The molecule has 3 amide bonds. The zero-order valence-electron chi connectivity index (χ0n) is 29.7. The number of ketones is 1. The average Bonchev–Trinajstić information content (AvgIpc) is 3.57. The van der Waals surface area contributed by atoms with Crippen LogP contribution in [0.2, 0.25) is 5.02 Å². The second-order valence-electron chi connectivity index (χ2n) is 13.9. The molecule has 2 unspecified atom stereocenters. The van der Waals surface area contributed by atoms with E-state index in [4.69, 9.17) is 21.5 Å². The van der Waals surface area contributed by atoms with Gasteiger partial charge >= 0.3 is 18.2 Å². The zero-order valence-corrected chi connectivity index (χ0v) is 30.5. The van der Waals surface area contributed by atoms with Crippen LogP contribution in [-0.2, 0) is 16.0 Å². The molecular weight excluding hydrogens is 711 g/mol. The molecule has 4 aromatic rings. The number of rotatable bonds is 8. The lowest BCUT2D eigenvalue weighted by molar-refractivity contribution is -0.192. The number of nitrogens with one attached hydrogen (secondary N) is 2. The van der Waals surface area contributed by atoms with Crippen LogP contribution in [0.1, 0.15) is 47.2 Å². The van der Waals surface area contributed by atoms with Crippen molar-refractivity contribution in [1.29, 1.82) is 0 Å². The molecule has 1 aromatic heterocycles. The van der Waals surface area contributed by atoms with Crippen molar-refractivity contribution < 1.29 is 37.5 Å². The number of Topliss-reactive ketones (excluding diaryl/α,β-unsaturated/α-hetero) is 1. The Bertz CT molecular complexity index is 1930. The number of amides is 3. The molecule has 2 aliphatic rings. The van der Waals surface area contributed by atoms with E-state index >= 15 is 0 Å². The van der Waals surface area contributed by atoms with Crippen molar-refractivity contribution in [3.05, 3.63) is 101 Å². The number of carbonyl (C=O) groups excluding carboxylic acids is 3. The highest BCUT2D eigenvalue weighted by Gasteiger charge is 2.39. The zero-order chi connectivity index (χ0) is 38.4. The van der Waals surface area contributed by atoms with E-state index in [1.807, 2.05) is 105 Å². The molecule has 3 heterocycles. The Labute approximate surface area is 310 Å². The fourth-order valence-corrected chi connectivity index (χ4v) is 7.38. The maximum Gasteiger partial charge on any atom is 0.490 e. The number of hydrogen-bond donors (Lipinski definition) is 3. The van der Waals surface area contributed by atoms with Crippen molar-refractivity contribution in [2.75, 3.05) is 45.2 Å². The van der Waals surface area contributed by atoms with Crippen LogP contribution in [0.5, 0.6) is 0 Å². The molecule has 0 radical (unpaired) electrons. The molecule has 10 nitrogen and oxygen atoms in total. The van der Waals surface area contributed by atoms with Crippen LogP contribution in [-0.4, -0.2) is 96.1 Å². The Morgan fingerprint density at radius 1 is 1.00 bits per heavy atom. The highest BCUT2D eigenvalue weighted by atomic mass is 35.5. The number of piperidine rings is 1. The van der Waals surface area contributed by atoms with Crippen molar-refractivity contribution in [3.63, 3.8) is 0 Å². The second kappa shape index (κ2) is 16.9. The number of aromatic amines is 1. The molecule has 282 valence electrons. The van der Waals surface area contributed by atoms with Crippen LogP contribution < -0.4 is 10.2 Å². The highest BCUT2D eigenvalue weighted by molar-refractivity contribution is 6.30. The average molecular weight is 754 g/mol. The maximum absolute atomic E-state index is 14.8. The van der Waals surface area contributed by atoms with Gasteiger partial charge in [0.1, 0.15) is 6.04 Å². The van der Waals surface area contributed by atoms with E-state index in [1.54, 1.807) is 4.90 Å². The number of halogens is 4. The minimum atomic E-state index is -5.08. The molecule has 6 rings (SSSR count). The van der Waals surface area contributed by atoms with Gasteiger partial charge in [0.15, 0.2) is 5.78 Å². The van der Waals surface area contributed by atoms with Gasteiger partial charge in [-0.15, -0.1) is 0 Å². The summed E-state index contributed by atoms with van der Waals surface area (Å²) in [6, 6.07) is 22.0. The molecule has 0 bridgehead atoms. The van der Waals surface area contributed by atoms with Gasteiger partial charge < -0.3 is 30.1 Å². The summed E-state index contributed by atoms with van der Waals surface area (Å²) in [7, 11) is 4.08. The highest BCUT2D eigenvalue weighted by Crippen LogP contribution is 2.35. The standard InChI is InChI=1S/C37H42ClN5O3.C2HF3O2/c1-24(31-21-39-32-12-8-7-11-30(31)32)34(36(45)43-23-25(22-41(2)3)19-28-20-29(38)13-14-33(28)43)40-37(46)42-17-15-27(16-18-42)35(44)26-9-5-4-6-10-26;3-2(4,5)1(6)7/h4-14,20-21,24-25,27,34,39H,15-19,22-23H2,1-3H3,(H,40,46);(H,6,7)/t24?,25-,34?;/m1./s1. The van der Waals surface area contributed by atoms with E-state index in [2.05, 4.69) is 15.2 Å². The fraction of sp³-hybridized carbons (Fsp3) is 0.385. The number of H-pyrrole nitrogens is 1. The maximum atomic E-state index is 14.8. The van der Waals surface area contributed by atoms with Gasteiger partial charge in [-0.25, -0.2) is 9.59 Å². The van der Waals surface area contributed by atoms with Crippen LogP contribution >= 0.6 is 11.6 Å². The summed E-state index contributed by atoms with van der Waals surface area (Å²) in [6.07, 6.45) is -1.14. The largest absolute Gasteiger partial charge is 0.490 e. The third kappa shape index (κ3) is 9.57. The summed E-state index contributed by atoms with van der Waals surface area (Å²) in [5, 5.41) is 12.0. The van der Waals surface area contributed by atoms with E-state index in [0.717, 1.165) is 40.7 Å². The number of aromatic nitrogens is 1. The first-order chi connectivity index (χ1) is 25.1. The molecule has 1 fully saturated rings. The molecule has 3 N–H and O–H groups in total. The molecule has 3 aromatic carbocycles. The second-order valence-corrected chi connectivity index (χ2v) is 14.3. The topological polar surface area (TPSA) is 126 Å². The van der Waals surface area contributed by atoms with Crippen molar-refractivity contribution in [1.82, 2.24) is 20.1 Å². The van der Waals surface area contributed by atoms with Gasteiger partial charge in [-0.2, -0.15) is 13.2 Å². The van der Waals surface area contributed by atoms with Gasteiger partial charge in [0.2, 0.25) is 5.91 Å². The first-order valence-corrected chi connectivity index (χ1v) is 17.8. The number of aliphatic carboxylic acids is 1. The number of carboxylic acid groups (broad SMARTS) is 1. The number of carboxylic acids is 1. The smallest absolute Gasteiger partial charge is 0.475 e. The molecule has 0 spiro atoms. The van der Waals surface area contributed by atoms with E-state index in [-0.39, 0.29) is 35.5 Å². The number of hydrogen-bond acceptors (Lipinski definition) is 5. The van der Waals surface area contributed by atoms with E-state index < -0.39 is 18.2 Å². The molecule has 53 heavy (non-hydrogen) atoms. The van der Waals surface area contributed by atoms with Crippen LogP contribution in [0, 0.1) is 11.8 Å². The minimum Gasteiger partial charge on any atom is -0.475 e. The lowest BCUT2D eigenvalue weighted by Gasteiger charge is -2.39. The quantitative estimate of drug-likeness (QED) is 0.167. The predicted molar refractivity (Wildman–Crippen MR) is 197 cm³/mol. The lowest BCUT2D eigenvalue weighted by Crippen LogP contribution is -2.57. The normalized spacial score (nSPS) is 17.4. The molecular formula is C39H43ClF3N5O5. The number of likely N-dealkylation sites (tertiary alicyclic amines) is 1. The number of fused-ring (bicyclic) bond motifs is 2. The minimum absolute atomic E-state index is 0.123. The fourth-order valence-electron chi connectivity index (χ4n) is 7.19. The first-order valence-electron chi connectivity index (χ1n) is 17.4. The van der Waals surface area contributed by atoms with Crippen LogP contribution in [0.4, 0.5) is 23.7 Å². The first kappa shape index (κ1) is 39.3. The molecule has 0 saturated carbocycles. The van der Waals surface area contributed by atoms with Crippen molar-refractivity contribution in [2.24, 2.45) is 11.8 Å². The van der Waals surface area contributed by atoms with Gasteiger partial charge in [-0.1, -0.05) is 67.1 Å². The monoisotopic (exact) mass is 753 g/mol. The summed E-state index contributed by atoms with van der Waals surface area (Å²) in [6.45, 7) is 4.28. The van der Waals surface area contributed by atoms with Crippen LogP contribution in [0.3, 0.4) is 0 Å². The van der Waals surface area contributed by atoms with E-state index in [1.165, 1.54) is 0 Å². The Balaban J connectivity index is 0.000000705. The number of urea groups is 1. The van der Waals surface area contributed by atoms with Crippen molar-refractivity contribution >= 4 is 51.9 Å². The molecule has 2 aliphatic heterocycles. The number of benzene rings is 3. The van der Waals surface area contributed by atoms with Crippen molar-refractivity contribution in [2.45, 2.75) is 44.3 Å². The van der Waals surface area contributed by atoms with Gasteiger partial charge in [0.25, 0.3) is 0 Å². The Morgan fingerprint density at radius 2 is 1.64 bits per heavy atom. The summed E-state index contributed by atoms with van der Waals surface area (Å²) < 4.78 is 31.7. The van der Waals surface area contributed by atoms with Gasteiger partial charge in [-0.3, -0.25) is 9.59 Å². The number of para-hydroxylation sites is 1. The molecule has 3 atom stereocenters.